The normalized spacial score (nSPS) is 19.0. The molecule has 0 unspecified atom stereocenters. The molecule has 6 nitrogen and oxygen atoms in total. The first-order valence-corrected chi connectivity index (χ1v) is 18.0. The van der Waals surface area contributed by atoms with Crippen molar-refractivity contribution in [3.05, 3.63) is 48.0 Å². The SMILES string of the molecule is CC(C)[Si](O[C@@H](C)/C=N/C(=C/N1C(=O)OC[C@H]1c1ccccc1)O[Si](C)(C)C)(C(C)C)C(C)C. The number of nitrogens with zero attached hydrogens (tertiary/aromatic N) is 2. The van der Waals surface area contributed by atoms with Gasteiger partial charge in [-0.25, -0.2) is 9.79 Å². The quantitative estimate of drug-likeness (QED) is 0.178. The van der Waals surface area contributed by atoms with Gasteiger partial charge in [0.05, 0.1) is 18.3 Å². The molecule has 2 rings (SSSR count). The number of carbonyl (C=O) groups excluding carboxylic acids is 1. The van der Waals surface area contributed by atoms with Gasteiger partial charge in [0.2, 0.25) is 22.5 Å². The molecular formula is C26H44N2O4Si2. The van der Waals surface area contributed by atoms with Crippen LogP contribution in [0.5, 0.6) is 0 Å². The van der Waals surface area contributed by atoms with E-state index in [2.05, 4.69) is 61.2 Å². The molecule has 0 N–H and O–H groups in total. The minimum absolute atomic E-state index is 0.164. The second-order valence-electron chi connectivity index (χ2n) is 11.0. The minimum atomic E-state index is -2.04. The average Bonchev–Trinajstić information content (AvgIpc) is 3.09. The molecule has 0 spiro atoms. The Bertz CT molecular complexity index is 842. The fourth-order valence-corrected chi connectivity index (χ4v) is 11.2. The summed E-state index contributed by atoms with van der Waals surface area (Å²) >= 11 is 0. The highest BCUT2D eigenvalue weighted by molar-refractivity contribution is 6.77. The average molecular weight is 505 g/mol. The van der Waals surface area contributed by atoms with Crippen molar-refractivity contribution in [1.82, 2.24) is 4.90 Å². The van der Waals surface area contributed by atoms with E-state index >= 15 is 0 Å². The number of rotatable bonds is 11. The second kappa shape index (κ2) is 11.7. The summed E-state index contributed by atoms with van der Waals surface area (Å²) in [7, 11) is -4.02. The highest BCUT2D eigenvalue weighted by atomic mass is 28.4. The van der Waals surface area contributed by atoms with Gasteiger partial charge in [0, 0.05) is 6.21 Å². The molecule has 1 amide bonds. The van der Waals surface area contributed by atoms with E-state index in [1.165, 1.54) is 0 Å². The number of cyclic esters (lactones) is 1. The molecule has 1 aliphatic heterocycles. The zero-order chi connectivity index (χ0) is 25.7. The van der Waals surface area contributed by atoms with Gasteiger partial charge in [-0.2, -0.15) is 0 Å². The minimum Gasteiger partial charge on any atom is -0.530 e. The van der Waals surface area contributed by atoms with Gasteiger partial charge in [-0.3, -0.25) is 4.90 Å². The van der Waals surface area contributed by atoms with Crippen LogP contribution in [0.15, 0.2) is 47.4 Å². The Morgan fingerprint density at radius 1 is 1.03 bits per heavy atom. The van der Waals surface area contributed by atoms with Crippen LogP contribution in [0.4, 0.5) is 4.79 Å². The predicted molar refractivity (Wildman–Crippen MR) is 145 cm³/mol. The molecule has 2 atom stereocenters. The van der Waals surface area contributed by atoms with Gasteiger partial charge < -0.3 is 13.6 Å². The number of carbonyl (C=O) groups is 1. The third kappa shape index (κ3) is 7.05. The summed E-state index contributed by atoms with van der Waals surface area (Å²) in [6, 6.07) is 9.68. The van der Waals surface area contributed by atoms with Crippen LogP contribution >= 0.6 is 0 Å². The zero-order valence-electron chi connectivity index (χ0n) is 22.7. The highest BCUT2D eigenvalue weighted by Crippen LogP contribution is 2.42. The fraction of sp³-hybridized carbons (Fsp3) is 0.615. The van der Waals surface area contributed by atoms with E-state index in [-0.39, 0.29) is 12.1 Å². The Morgan fingerprint density at radius 2 is 1.59 bits per heavy atom. The maximum atomic E-state index is 12.6. The van der Waals surface area contributed by atoms with Crippen molar-refractivity contribution < 1.29 is 18.4 Å². The standard InChI is InChI=1S/C26H44N2O4Si2/c1-19(2)34(20(3)4,21(5)6)31-22(7)16-27-25(32-33(8,9)10)17-28-24(18-30-26(28)29)23-14-12-11-13-15-23/h11-17,19-22,24H,18H2,1-10H3/b25-17-,27-16+/t22-,24-/m0/s1. The van der Waals surface area contributed by atoms with Gasteiger partial charge in [-0.05, 0) is 48.8 Å². The first-order chi connectivity index (χ1) is 15.8. The number of hydrogen-bond acceptors (Lipinski definition) is 5. The van der Waals surface area contributed by atoms with E-state index in [4.69, 9.17) is 18.6 Å². The van der Waals surface area contributed by atoms with Crippen molar-refractivity contribution >= 4 is 28.9 Å². The van der Waals surface area contributed by atoms with Crippen molar-refractivity contribution in [2.75, 3.05) is 6.61 Å². The molecule has 1 heterocycles. The van der Waals surface area contributed by atoms with E-state index in [0.717, 1.165) is 5.56 Å². The summed E-state index contributed by atoms with van der Waals surface area (Å²) < 4.78 is 18.4. The number of ether oxygens (including phenoxy) is 1. The molecule has 34 heavy (non-hydrogen) atoms. The Balaban J connectivity index is 2.34. The van der Waals surface area contributed by atoms with Gasteiger partial charge >= 0.3 is 6.09 Å². The summed E-state index contributed by atoms with van der Waals surface area (Å²) in [5.41, 5.74) is 2.48. The summed E-state index contributed by atoms with van der Waals surface area (Å²) in [5.74, 6) is 0.417. The van der Waals surface area contributed by atoms with Crippen molar-refractivity contribution in [2.45, 2.75) is 96.9 Å². The summed E-state index contributed by atoms with van der Waals surface area (Å²) in [6.07, 6.45) is 2.95. The van der Waals surface area contributed by atoms with Gasteiger partial charge in [0.25, 0.3) is 0 Å². The molecule has 8 heteroatoms. The van der Waals surface area contributed by atoms with E-state index in [9.17, 15) is 4.79 Å². The molecular weight excluding hydrogens is 460 g/mol. The van der Waals surface area contributed by atoms with E-state index < -0.39 is 22.7 Å². The summed E-state index contributed by atoms with van der Waals surface area (Å²) in [6.45, 7) is 22.3. The molecule has 1 aromatic rings. The molecule has 1 saturated heterocycles. The monoisotopic (exact) mass is 504 g/mol. The molecule has 0 aromatic heterocycles. The molecule has 0 bridgehead atoms. The Morgan fingerprint density at radius 3 is 2.09 bits per heavy atom. The third-order valence-corrected chi connectivity index (χ3v) is 13.3. The molecule has 0 radical (unpaired) electrons. The Labute approximate surface area is 208 Å². The maximum absolute atomic E-state index is 12.6. The molecule has 0 saturated carbocycles. The highest BCUT2D eigenvalue weighted by Gasteiger charge is 2.46. The summed E-state index contributed by atoms with van der Waals surface area (Å²) in [4.78, 5) is 18.8. The molecule has 1 fully saturated rings. The van der Waals surface area contributed by atoms with Crippen molar-refractivity contribution in [1.29, 1.82) is 0 Å². The molecule has 0 aliphatic carbocycles. The first-order valence-electron chi connectivity index (χ1n) is 12.4. The van der Waals surface area contributed by atoms with E-state index in [1.54, 1.807) is 11.1 Å². The van der Waals surface area contributed by atoms with Crippen LogP contribution in [0.3, 0.4) is 0 Å². The number of amides is 1. The number of hydrogen-bond donors (Lipinski definition) is 0. The maximum Gasteiger partial charge on any atom is 0.414 e. The van der Waals surface area contributed by atoms with Crippen LogP contribution in [0.1, 0.15) is 60.1 Å². The topological polar surface area (TPSA) is 60.4 Å². The number of aliphatic imine (C=N–C) groups is 1. The largest absolute Gasteiger partial charge is 0.530 e. The Kier molecular flexibility index (Phi) is 9.74. The van der Waals surface area contributed by atoms with Crippen molar-refractivity contribution in [2.24, 2.45) is 4.99 Å². The second-order valence-corrected chi connectivity index (χ2v) is 20.8. The third-order valence-electron chi connectivity index (χ3n) is 6.26. The lowest BCUT2D eigenvalue weighted by Crippen LogP contribution is -2.50. The van der Waals surface area contributed by atoms with Crippen LogP contribution < -0.4 is 0 Å². The smallest absolute Gasteiger partial charge is 0.414 e. The van der Waals surface area contributed by atoms with E-state index in [1.807, 2.05) is 43.5 Å². The van der Waals surface area contributed by atoms with Crippen LogP contribution in [0, 0.1) is 0 Å². The lowest BCUT2D eigenvalue weighted by molar-refractivity contribution is 0.165. The van der Waals surface area contributed by atoms with Gasteiger partial charge in [0.1, 0.15) is 6.61 Å². The van der Waals surface area contributed by atoms with E-state index in [0.29, 0.717) is 29.1 Å². The van der Waals surface area contributed by atoms with Crippen LogP contribution in [-0.4, -0.2) is 46.6 Å². The van der Waals surface area contributed by atoms with Gasteiger partial charge in [-0.15, -0.1) is 0 Å². The lowest BCUT2D eigenvalue weighted by atomic mass is 10.1. The summed E-state index contributed by atoms with van der Waals surface area (Å²) in [5, 5.41) is 0. The molecule has 1 aromatic carbocycles. The van der Waals surface area contributed by atoms with Crippen molar-refractivity contribution in [3.8, 4) is 0 Å². The number of benzene rings is 1. The zero-order valence-corrected chi connectivity index (χ0v) is 24.7. The molecule has 1 aliphatic rings. The lowest BCUT2D eigenvalue weighted by Gasteiger charge is -2.43. The molecule has 190 valence electrons. The van der Waals surface area contributed by atoms with Crippen molar-refractivity contribution in [3.63, 3.8) is 0 Å². The fourth-order valence-electron chi connectivity index (χ4n) is 4.96. The Hall–Kier alpha value is -1.91. The predicted octanol–water partition coefficient (Wildman–Crippen LogP) is 7.48. The van der Waals surface area contributed by atoms with Crippen LogP contribution in [0.25, 0.3) is 0 Å². The van der Waals surface area contributed by atoms with Gasteiger partial charge in [0.15, 0.2) is 0 Å². The van der Waals surface area contributed by atoms with Crippen LogP contribution in [0.2, 0.25) is 36.3 Å². The van der Waals surface area contributed by atoms with Crippen LogP contribution in [-0.2, 0) is 13.6 Å². The van der Waals surface area contributed by atoms with Gasteiger partial charge in [-0.1, -0.05) is 71.9 Å². The first kappa shape index (κ1) is 28.3.